The number of carbonyl (C=O) groups is 1. The molecule has 1 heterocycles. The molecule has 6 heteroatoms. The van der Waals surface area contributed by atoms with Gasteiger partial charge in [-0.3, -0.25) is 4.98 Å². The van der Waals surface area contributed by atoms with Crippen molar-refractivity contribution >= 4 is 17.6 Å². The number of hydrogen-bond acceptors (Lipinski definition) is 3. The minimum Gasteiger partial charge on any atom is -0.387 e. The Kier molecular flexibility index (Phi) is 5.75. The van der Waals surface area contributed by atoms with Crippen LogP contribution in [0, 0.1) is 6.92 Å². The van der Waals surface area contributed by atoms with Gasteiger partial charge in [-0.15, -0.1) is 0 Å². The van der Waals surface area contributed by atoms with Crippen LogP contribution in [0.3, 0.4) is 0 Å². The van der Waals surface area contributed by atoms with Crippen LogP contribution >= 0.6 is 11.6 Å². The number of aromatic nitrogens is 1. The number of hydrogen-bond donors (Lipinski definition) is 3. The molecular weight excluding hydrogens is 302 g/mol. The summed E-state index contributed by atoms with van der Waals surface area (Å²) in [6.07, 6.45) is 0.791. The van der Waals surface area contributed by atoms with E-state index in [2.05, 4.69) is 15.6 Å². The summed E-state index contributed by atoms with van der Waals surface area (Å²) >= 11 is 5.74. The first-order valence-corrected chi connectivity index (χ1v) is 7.30. The molecule has 0 saturated carbocycles. The predicted octanol–water partition coefficient (Wildman–Crippen LogP) is 2.58. The number of aliphatic hydroxyl groups excluding tert-OH is 1. The van der Waals surface area contributed by atoms with Gasteiger partial charge in [0, 0.05) is 12.7 Å². The van der Waals surface area contributed by atoms with Crippen molar-refractivity contribution in [1.82, 2.24) is 15.6 Å². The first kappa shape index (κ1) is 16.3. The second kappa shape index (κ2) is 7.77. The average Bonchev–Trinajstić information content (AvgIpc) is 2.52. The highest BCUT2D eigenvalue weighted by Gasteiger charge is 2.11. The first-order chi connectivity index (χ1) is 10.6. The van der Waals surface area contributed by atoms with Gasteiger partial charge in [0.2, 0.25) is 0 Å². The molecule has 2 amide bonds. The van der Waals surface area contributed by atoms with Crippen LogP contribution in [0.25, 0.3) is 0 Å². The Balaban J connectivity index is 1.78. The molecule has 0 bridgehead atoms. The number of nitrogens with one attached hydrogen (secondary N) is 2. The van der Waals surface area contributed by atoms with Crippen molar-refractivity contribution in [3.05, 3.63) is 64.4 Å². The number of urea groups is 1. The standard InChI is InChI=1S/C16H18ClN3O2/c1-11-4-2-3-5-14(11)15(21)10-20-16(22)19-9-13-7-6-12(17)8-18-13/h2-8,15,21H,9-10H2,1H3,(H2,19,20,22). The molecule has 2 aromatic rings. The monoisotopic (exact) mass is 319 g/mol. The summed E-state index contributed by atoms with van der Waals surface area (Å²) in [6, 6.07) is 10.6. The Bertz CT molecular complexity index is 632. The van der Waals surface area contributed by atoms with Crippen molar-refractivity contribution in [2.75, 3.05) is 6.54 Å². The number of rotatable bonds is 5. The van der Waals surface area contributed by atoms with Crippen molar-refractivity contribution in [2.24, 2.45) is 0 Å². The summed E-state index contributed by atoms with van der Waals surface area (Å²) in [6.45, 7) is 2.36. The molecule has 0 radical (unpaired) electrons. The molecule has 1 atom stereocenters. The van der Waals surface area contributed by atoms with E-state index in [9.17, 15) is 9.90 Å². The number of aryl methyl sites for hydroxylation is 1. The lowest BCUT2D eigenvalue weighted by Gasteiger charge is -2.14. The van der Waals surface area contributed by atoms with Gasteiger partial charge in [0.25, 0.3) is 0 Å². The summed E-state index contributed by atoms with van der Waals surface area (Å²) in [5.41, 5.74) is 2.50. The molecule has 0 fully saturated rings. The summed E-state index contributed by atoms with van der Waals surface area (Å²) in [5.74, 6) is 0. The lowest BCUT2D eigenvalue weighted by molar-refractivity contribution is 0.172. The van der Waals surface area contributed by atoms with Crippen LogP contribution in [0.4, 0.5) is 4.79 Å². The summed E-state index contributed by atoms with van der Waals surface area (Å²) in [4.78, 5) is 15.8. The van der Waals surface area contributed by atoms with Gasteiger partial charge in [-0.2, -0.15) is 0 Å². The van der Waals surface area contributed by atoms with E-state index in [1.165, 1.54) is 6.20 Å². The van der Waals surface area contributed by atoms with Crippen molar-refractivity contribution in [2.45, 2.75) is 19.6 Å². The maximum absolute atomic E-state index is 11.7. The SMILES string of the molecule is Cc1ccccc1C(O)CNC(=O)NCc1ccc(Cl)cn1. The Morgan fingerprint density at radius 3 is 2.73 bits per heavy atom. The summed E-state index contributed by atoms with van der Waals surface area (Å²) in [7, 11) is 0. The number of aliphatic hydroxyl groups is 1. The topological polar surface area (TPSA) is 74.2 Å². The van der Waals surface area contributed by atoms with Crippen LogP contribution in [-0.2, 0) is 6.54 Å². The predicted molar refractivity (Wildman–Crippen MR) is 85.6 cm³/mol. The number of pyridine rings is 1. The highest BCUT2D eigenvalue weighted by atomic mass is 35.5. The molecule has 0 aliphatic rings. The second-order valence-electron chi connectivity index (χ2n) is 4.90. The third-order valence-corrected chi connectivity index (χ3v) is 3.45. The molecule has 22 heavy (non-hydrogen) atoms. The number of nitrogens with zero attached hydrogens (tertiary/aromatic N) is 1. The molecule has 3 N–H and O–H groups in total. The molecule has 0 saturated heterocycles. The minimum atomic E-state index is -0.736. The highest BCUT2D eigenvalue weighted by molar-refractivity contribution is 6.30. The van der Waals surface area contributed by atoms with E-state index in [4.69, 9.17) is 11.6 Å². The largest absolute Gasteiger partial charge is 0.387 e. The van der Waals surface area contributed by atoms with Crippen LogP contribution in [0.5, 0.6) is 0 Å². The highest BCUT2D eigenvalue weighted by Crippen LogP contribution is 2.16. The summed E-state index contributed by atoms with van der Waals surface area (Å²) in [5, 5.41) is 16.0. The zero-order chi connectivity index (χ0) is 15.9. The van der Waals surface area contributed by atoms with Gasteiger partial charge in [0.1, 0.15) is 0 Å². The van der Waals surface area contributed by atoms with Crippen molar-refractivity contribution in [3.8, 4) is 0 Å². The zero-order valence-corrected chi connectivity index (χ0v) is 13.0. The molecule has 0 aliphatic heterocycles. The zero-order valence-electron chi connectivity index (χ0n) is 12.2. The van der Waals surface area contributed by atoms with Gasteiger partial charge in [-0.05, 0) is 30.2 Å². The van der Waals surface area contributed by atoms with E-state index < -0.39 is 6.10 Å². The molecule has 1 aromatic heterocycles. The quantitative estimate of drug-likeness (QED) is 0.793. The molecule has 1 aromatic carbocycles. The normalized spacial score (nSPS) is 11.8. The van der Waals surface area contributed by atoms with Crippen LogP contribution in [0.2, 0.25) is 5.02 Å². The minimum absolute atomic E-state index is 0.144. The fourth-order valence-corrected chi connectivity index (χ4v) is 2.12. The molecule has 0 spiro atoms. The van der Waals surface area contributed by atoms with Crippen LogP contribution in [0.1, 0.15) is 22.9 Å². The van der Waals surface area contributed by atoms with E-state index >= 15 is 0 Å². The van der Waals surface area contributed by atoms with Gasteiger partial charge in [-0.25, -0.2) is 4.79 Å². The van der Waals surface area contributed by atoms with Crippen molar-refractivity contribution in [3.63, 3.8) is 0 Å². The number of benzene rings is 1. The molecule has 5 nitrogen and oxygen atoms in total. The molecule has 116 valence electrons. The smallest absolute Gasteiger partial charge is 0.315 e. The maximum Gasteiger partial charge on any atom is 0.315 e. The van der Waals surface area contributed by atoms with E-state index in [1.54, 1.807) is 12.1 Å². The summed E-state index contributed by atoms with van der Waals surface area (Å²) < 4.78 is 0. The van der Waals surface area contributed by atoms with Crippen LogP contribution in [0.15, 0.2) is 42.6 Å². The Morgan fingerprint density at radius 2 is 2.05 bits per heavy atom. The van der Waals surface area contributed by atoms with Gasteiger partial charge in [-0.1, -0.05) is 35.9 Å². The van der Waals surface area contributed by atoms with Gasteiger partial charge < -0.3 is 15.7 Å². The Hall–Kier alpha value is -2.11. The second-order valence-corrected chi connectivity index (χ2v) is 5.34. The fourth-order valence-electron chi connectivity index (χ4n) is 2.00. The van der Waals surface area contributed by atoms with E-state index in [-0.39, 0.29) is 12.6 Å². The molecule has 1 unspecified atom stereocenters. The van der Waals surface area contributed by atoms with E-state index in [0.29, 0.717) is 17.3 Å². The lowest BCUT2D eigenvalue weighted by atomic mass is 10.0. The van der Waals surface area contributed by atoms with E-state index in [1.807, 2.05) is 31.2 Å². The third kappa shape index (κ3) is 4.72. The van der Waals surface area contributed by atoms with Crippen molar-refractivity contribution in [1.29, 1.82) is 0 Å². The Labute approximate surface area is 134 Å². The van der Waals surface area contributed by atoms with Crippen molar-refractivity contribution < 1.29 is 9.90 Å². The number of carbonyl (C=O) groups excluding carboxylic acids is 1. The molecular formula is C16H18ClN3O2. The maximum atomic E-state index is 11.7. The Morgan fingerprint density at radius 1 is 1.27 bits per heavy atom. The van der Waals surface area contributed by atoms with Crippen LogP contribution < -0.4 is 10.6 Å². The van der Waals surface area contributed by atoms with Crippen LogP contribution in [-0.4, -0.2) is 22.7 Å². The first-order valence-electron chi connectivity index (χ1n) is 6.92. The lowest BCUT2D eigenvalue weighted by Crippen LogP contribution is -2.37. The number of halogens is 1. The fraction of sp³-hybridized carbons (Fsp3) is 0.250. The average molecular weight is 320 g/mol. The van der Waals surface area contributed by atoms with Gasteiger partial charge >= 0.3 is 6.03 Å². The third-order valence-electron chi connectivity index (χ3n) is 3.22. The van der Waals surface area contributed by atoms with Gasteiger partial charge in [0.05, 0.1) is 23.4 Å². The van der Waals surface area contributed by atoms with Gasteiger partial charge in [0.15, 0.2) is 0 Å². The van der Waals surface area contributed by atoms with E-state index in [0.717, 1.165) is 11.1 Å². The molecule has 0 aliphatic carbocycles. The molecule has 2 rings (SSSR count). The number of amides is 2.